The zero-order valence-corrected chi connectivity index (χ0v) is 7.64. The van der Waals surface area contributed by atoms with Crippen molar-refractivity contribution < 1.29 is 9.53 Å². The number of H-pyrrole nitrogens is 1. The molecule has 1 N–H and O–H groups in total. The first-order valence-corrected chi connectivity index (χ1v) is 3.92. The number of carbonyl (C=O) groups is 1. The number of esters is 1. The van der Waals surface area contributed by atoms with Gasteiger partial charge >= 0.3 is 5.97 Å². The zero-order valence-electron chi connectivity index (χ0n) is 6.06. The lowest BCUT2D eigenvalue weighted by Crippen LogP contribution is -2.03. The van der Waals surface area contributed by atoms with Gasteiger partial charge in [-0.25, -0.2) is 0 Å². The van der Waals surface area contributed by atoms with Gasteiger partial charge in [0.1, 0.15) is 0 Å². The molecule has 0 aliphatic heterocycles. The Morgan fingerprint density at radius 3 is 3.00 bits per heavy atom. The first-order valence-electron chi connectivity index (χ1n) is 3.12. The summed E-state index contributed by atoms with van der Waals surface area (Å²) in [5, 5.41) is 0. The fourth-order valence-electron chi connectivity index (χ4n) is 0.745. The van der Waals surface area contributed by atoms with Gasteiger partial charge in [-0.3, -0.25) is 4.79 Å². The largest absolute Gasteiger partial charge is 0.469 e. The highest BCUT2D eigenvalue weighted by molar-refractivity contribution is 9.10. The number of nitrogens with one attached hydrogen (secondary N) is 1. The van der Waals surface area contributed by atoms with Gasteiger partial charge in [0, 0.05) is 6.20 Å². The third-order valence-corrected chi connectivity index (χ3v) is 2.08. The van der Waals surface area contributed by atoms with Crippen molar-refractivity contribution in [2.24, 2.45) is 0 Å². The van der Waals surface area contributed by atoms with Gasteiger partial charge in [-0.1, -0.05) is 0 Å². The van der Waals surface area contributed by atoms with Gasteiger partial charge < -0.3 is 9.72 Å². The summed E-state index contributed by atoms with van der Waals surface area (Å²) in [4.78, 5) is 13.7. The Kier molecular flexibility index (Phi) is 2.70. The molecule has 0 bridgehead atoms. The van der Waals surface area contributed by atoms with Crippen LogP contribution in [0.15, 0.2) is 16.9 Å². The highest BCUT2D eigenvalue weighted by Gasteiger charge is 2.06. The summed E-state index contributed by atoms with van der Waals surface area (Å²) in [6.07, 6.45) is 2.07. The second kappa shape index (κ2) is 3.57. The highest BCUT2D eigenvalue weighted by atomic mass is 79.9. The summed E-state index contributed by atoms with van der Waals surface area (Å²) in [5.74, 6) is -0.231. The van der Waals surface area contributed by atoms with E-state index in [-0.39, 0.29) is 5.97 Å². The number of hydrogen-bond acceptors (Lipinski definition) is 2. The lowest BCUT2D eigenvalue weighted by Gasteiger charge is -1.96. The molecule has 4 heteroatoms. The second-order valence-corrected chi connectivity index (χ2v) is 2.86. The lowest BCUT2D eigenvalue weighted by molar-refractivity contribution is -0.139. The fourth-order valence-corrected chi connectivity index (χ4v) is 1.15. The molecule has 0 amide bonds. The topological polar surface area (TPSA) is 42.1 Å². The molecule has 3 nitrogen and oxygen atoms in total. The molecule has 0 aliphatic rings. The molecule has 1 rings (SSSR count). The quantitative estimate of drug-likeness (QED) is 0.764. The summed E-state index contributed by atoms with van der Waals surface area (Å²) in [5.41, 5.74) is 0.914. The molecule has 0 spiro atoms. The van der Waals surface area contributed by atoms with Crippen molar-refractivity contribution in [2.45, 2.75) is 6.42 Å². The van der Waals surface area contributed by atoms with Crippen molar-refractivity contribution in [1.29, 1.82) is 0 Å². The van der Waals surface area contributed by atoms with E-state index in [9.17, 15) is 4.79 Å². The molecule has 1 heterocycles. The number of aromatic nitrogens is 1. The van der Waals surface area contributed by atoms with Gasteiger partial charge in [0.05, 0.1) is 18.1 Å². The van der Waals surface area contributed by atoms with Gasteiger partial charge in [0.25, 0.3) is 0 Å². The molecule has 11 heavy (non-hydrogen) atoms. The summed E-state index contributed by atoms with van der Waals surface area (Å²) in [6, 6.07) is 1.83. The van der Waals surface area contributed by atoms with Gasteiger partial charge in [0.15, 0.2) is 0 Å². The van der Waals surface area contributed by atoms with Crippen molar-refractivity contribution in [3.05, 3.63) is 22.4 Å². The second-order valence-electron chi connectivity index (χ2n) is 2.07. The minimum atomic E-state index is -0.231. The van der Waals surface area contributed by atoms with Gasteiger partial charge in [-0.15, -0.1) is 0 Å². The summed E-state index contributed by atoms with van der Waals surface area (Å²) >= 11 is 3.26. The molecule has 0 atom stereocenters. The Morgan fingerprint density at radius 2 is 2.55 bits per heavy atom. The molecule has 1 aromatic rings. The number of ether oxygens (including phenoxy) is 1. The highest BCUT2D eigenvalue weighted by Crippen LogP contribution is 2.14. The Morgan fingerprint density at radius 1 is 1.82 bits per heavy atom. The molecule has 0 unspecified atom stereocenters. The van der Waals surface area contributed by atoms with E-state index in [1.807, 2.05) is 6.07 Å². The number of halogens is 1. The molecule has 60 valence electrons. The van der Waals surface area contributed by atoms with E-state index < -0.39 is 0 Å². The van der Waals surface area contributed by atoms with E-state index in [1.54, 1.807) is 6.20 Å². The Hall–Kier alpha value is -0.770. The van der Waals surface area contributed by atoms with Crippen LogP contribution in [0.1, 0.15) is 5.56 Å². The van der Waals surface area contributed by atoms with Crippen molar-refractivity contribution in [2.75, 3.05) is 7.11 Å². The van der Waals surface area contributed by atoms with Crippen LogP contribution in [0.4, 0.5) is 0 Å². The maximum absolute atomic E-state index is 10.8. The van der Waals surface area contributed by atoms with Crippen LogP contribution in [0.3, 0.4) is 0 Å². The zero-order chi connectivity index (χ0) is 8.27. The Balaban J connectivity index is 2.64. The first kappa shape index (κ1) is 8.33. The maximum atomic E-state index is 10.8. The van der Waals surface area contributed by atoms with Crippen LogP contribution in [-0.2, 0) is 16.0 Å². The number of carbonyl (C=O) groups excluding carboxylic acids is 1. The average molecular weight is 218 g/mol. The van der Waals surface area contributed by atoms with Crippen LogP contribution in [0.25, 0.3) is 0 Å². The molecule has 0 fully saturated rings. The van der Waals surface area contributed by atoms with E-state index in [2.05, 4.69) is 25.7 Å². The average Bonchev–Trinajstić information content (AvgIpc) is 2.37. The first-order chi connectivity index (χ1) is 5.24. The Bertz CT molecular complexity index is 257. The van der Waals surface area contributed by atoms with E-state index >= 15 is 0 Å². The molecular weight excluding hydrogens is 210 g/mol. The number of hydrogen-bond donors (Lipinski definition) is 1. The van der Waals surface area contributed by atoms with Crippen LogP contribution in [-0.4, -0.2) is 18.1 Å². The van der Waals surface area contributed by atoms with Crippen molar-refractivity contribution >= 4 is 21.9 Å². The van der Waals surface area contributed by atoms with Gasteiger partial charge in [-0.2, -0.15) is 0 Å². The number of aromatic amines is 1. The van der Waals surface area contributed by atoms with Crippen molar-refractivity contribution in [3.8, 4) is 0 Å². The molecular formula is C7H8BrNO2. The molecule has 0 aliphatic carbocycles. The van der Waals surface area contributed by atoms with Crippen LogP contribution < -0.4 is 0 Å². The number of rotatable bonds is 2. The molecule has 0 aromatic carbocycles. The summed E-state index contributed by atoms with van der Waals surface area (Å²) < 4.78 is 5.34. The van der Waals surface area contributed by atoms with Gasteiger partial charge in [-0.05, 0) is 27.6 Å². The van der Waals surface area contributed by atoms with Crippen LogP contribution >= 0.6 is 15.9 Å². The van der Waals surface area contributed by atoms with Gasteiger partial charge in [0.2, 0.25) is 0 Å². The Labute approximate surface area is 72.9 Å². The van der Waals surface area contributed by atoms with Crippen molar-refractivity contribution in [1.82, 2.24) is 4.98 Å². The van der Waals surface area contributed by atoms with E-state index in [0.717, 1.165) is 10.2 Å². The van der Waals surface area contributed by atoms with Crippen LogP contribution in [0.5, 0.6) is 0 Å². The van der Waals surface area contributed by atoms with Crippen molar-refractivity contribution in [3.63, 3.8) is 0 Å². The van der Waals surface area contributed by atoms with E-state index in [4.69, 9.17) is 0 Å². The van der Waals surface area contributed by atoms with Crippen LogP contribution in [0, 0.1) is 0 Å². The molecule has 1 aromatic heterocycles. The summed E-state index contributed by atoms with van der Waals surface area (Å²) in [6.45, 7) is 0. The third-order valence-electron chi connectivity index (χ3n) is 1.34. The van der Waals surface area contributed by atoms with E-state index in [0.29, 0.717) is 6.42 Å². The SMILES string of the molecule is COC(=O)Cc1cc[nH]c1Br. The maximum Gasteiger partial charge on any atom is 0.310 e. The van der Waals surface area contributed by atoms with E-state index in [1.165, 1.54) is 7.11 Å². The standard InChI is InChI=1S/C7H8BrNO2/c1-11-6(10)4-5-2-3-9-7(5)8/h2-3,9H,4H2,1H3. The predicted octanol–water partition coefficient (Wildman–Crippen LogP) is 1.49. The lowest BCUT2D eigenvalue weighted by atomic mass is 10.2. The number of methoxy groups -OCH3 is 1. The normalized spacial score (nSPS) is 9.64. The smallest absolute Gasteiger partial charge is 0.310 e. The predicted molar refractivity (Wildman–Crippen MR) is 44.2 cm³/mol. The molecule has 0 saturated heterocycles. The molecule has 0 saturated carbocycles. The molecule has 0 radical (unpaired) electrons. The minimum absolute atomic E-state index is 0.231. The third kappa shape index (κ3) is 2.08. The fraction of sp³-hybridized carbons (Fsp3) is 0.286. The summed E-state index contributed by atoms with van der Waals surface area (Å²) in [7, 11) is 1.38. The minimum Gasteiger partial charge on any atom is -0.469 e. The monoisotopic (exact) mass is 217 g/mol. The van der Waals surface area contributed by atoms with Crippen LogP contribution in [0.2, 0.25) is 0 Å².